The van der Waals surface area contributed by atoms with Gasteiger partial charge in [-0.05, 0) is 62.6 Å². The number of hydrogen-bond acceptors (Lipinski definition) is 7. The number of benzene rings is 2. The van der Waals surface area contributed by atoms with Crippen molar-refractivity contribution >= 4 is 11.9 Å². The van der Waals surface area contributed by atoms with Crippen molar-refractivity contribution in [3.63, 3.8) is 0 Å². The standard InChI is InChI=1S/C29H30N4O4/c1-19-12-14-30-29(31-19)33-18-23(28(34)35)17-24(33)16-21-8-10-25(11-9-21)36-15-13-26-20(2)37-27(32-26)22-6-4-3-5-7-22/h3-12,14,23-24H,13,15-18H2,1-2H3,(H,34,35)/t23-,24+/m1/s1. The van der Waals surface area contributed by atoms with Crippen LogP contribution in [0.5, 0.6) is 5.75 Å². The Morgan fingerprint density at radius 2 is 1.86 bits per heavy atom. The molecular weight excluding hydrogens is 468 g/mol. The second-order valence-electron chi connectivity index (χ2n) is 9.41. The van der Waals surface area contributed by atoms with Crippen molar-refractivity contribution in [2.75, 3.05) is 18.1 Å². The molecule has 0 radical (unpaired) electrons. The fourth-order valence-corrected chi connectivity index (χ4v) is 4.73. The Hall–Kier alpha value is -4.20. The molecule has 37 heavy (non-hydrogen) atoms. The largest absolute Gasteiger partial charge is 0.493 e. The van der Waals surface area contributed by atoms with Crippen molar-refractivity contribution in [2.24, 2.45) is 5.92 Å². The number of carboxylic acid groups (broad SMARTS) is 1. The summed E-state index contributed by atoms with van der Waals surface area (Å²) in [5, 5.41) is 9.60. The van der Waals surface area contributed by atoms with Gasteiger partial charge in [0.05, 0.1) is 18.2 Å². The van der Waals surface area contributed by atoms with Crippen molar-refractivity contribution in [3.8, 4) is 17.2 Å². The zero-order chi connectivity index (χ0) is 25.8. The van der Waals surface area contributed by atoms with Crippen LogP contribution in [0.25, 0.3) is 11.5 Å². The zero-order valence-corrected chi connectivity index (χ0v) is 21.0. The first-order valence-corrected chi connectivity index (χ1v) is 12.5. The lowest BCUT2D eigenvalue weighted by Crippen LogP contribution is -2.33. The van der Waals surface area contributed by atoms with Crippen LogP contribution in [0.2, 0.25) is 0 Å². The van der Waals surface area contributed by atoms with E-state index in [1.54, 1.807) is 6.20 Å². The Balaban J connectivity index is 1.19. The van der Waals surface area contributed by atoms with E-state index in [1.165, 1.54) is 0 Å². The molecule has 2 aromatic heterocycles. The molecule has 1 aliphatic rings. The lowest BCUT2D eigenvalue weighted by atomic mass is 10.00. The van der Waals surface area contributed by atoms with Crippen LogP contribution in [0.3, 0.4) is 0 Å². The van der Waals surface area contributed by atoms with E-state index in [2.05, 4.69) is 15.0 Å². The van der Waals surface area contributed by atoms with Gasteiger partial charge in [-0.1, -0.05) is 30.3 Å². The van der Waals surface area contributed by atoms with Crippen LogP contribution in [0.1, 0.15) is 29.1 Å². The molecule has 1 fully saturated rings. The van der Waals surface area contributed by atoms with Gasteiger partial charge >= 0.3 is 5.97 Å². The van der Waals surface area contributed by atoms with E-state index < -0.39 is 11.9 Å². The van der Waals surface area contributed by atoms with Crippen LogP contribution >= 0.6 is 0 Å². The van der Waals surface area contributed by atoms with Crippen molar-refractivity contribution < 1.29 is 19.1 Å². The highest BCUT2D eigenvalue weighted by Crippen LogP contribution is 2.30. The number of aromatic nitrogens is 3. The van der Waals surface area contributed by atoms with Crippen LogP contribution in [0.15, 0.2) is 71.3 Å². The van der Waals surface area contributed by atoms with Gasteiger partial charge in [0.15, 0.2) is 0 Å². The molecule has 2 aromatic carbocycles. The third-order valence-corrected chi connectivity index (χ3v) is 6.72. The summed E-state index contributed by atoms with van der Waals surface area (Å²) in [5.74, 6) is 1.59. The fraction of sp³-hybridized carbons (Fsp3) is 0.310. The third kappa shape index (κ3) is 5.80. The van der Waals surface area contributed by atoms with Gasteiger partial charge in [0, 0.05) is 36.5 Å². The van der Waals surface area contributed by atoms with Crippen molar-refractivity contribution in [2.45, 2.75) is 39.2 Å². The topological polar surface area (TPSA) is 102 Å². The van der Waals surface area contributed by atoms with Crippen molar-refractivity contribution in [3.05, 3.63) is 89.6 Å². The minimum absolute atomic E-state index is 0.0172. The monoisotopic (exact) mass is 498 g/mol. The molecule has 190 valence electrons. The summed E-state index contributed by atoms with van der Waals surface area (Å²) < 4.78 is 11.8. The molecule has 1 N–H and O–H groups in total. The molecule has 0 saturated carbocycles. The summed E-state index contributed by atoms with van der Waals surface area (Å²) in [6.45, 7) is 4.74. The first-order valence-electron chi connectivity index (χ1n) is 12.5. The Bertz CT molecular complexity index is 1350. The van der Waals surface area contributed by atoms with Gasteiger partial charge in [-0.15, -0.1) is 0 Å². The highest BCUT2D eigenvalue weighted by molar-refractivity contribution is 5.72. The number of aryl methyl sites for hydroxylation is 2. The van der Waals surface area contributed by atoms with Crippen LogP contribution < -0.4 is 9.64 Å². The average molecular weight is 499 g/mol. The quantitative estimate of drug-likeness (QED) is 0.348. The van der Waals surface area contributed by atoms with E-state index in [0.717, 1.165) is 34.0 Å². The molecule has 1 saturated heterocycles. The molecule has 8 nitrogen and oxygen atoms in total. The van der Waals surface area contributed by atoms with E-state index in [9.17, 15) is 9.90 Å². The first kappa shape index (κ1) is 24.5. The van der Waals surface area contributed by atoms with Gasteiger partial charge in [0.2, 0.25) is 11.8 Å². The van der Waals surface area contributed by atoms with E-state index in [4.69, 9.17) is 9.15 Å². The second kappa shape index (κ2) is 10.8. The maximum absolute atomic E-state index is 11.7. The number of rotatable bonds is 9. The third-order valence-electron chi connectivity index (χ3n) is 6.72. The molecule has 0 unspecified atom stereocenters. The number of ether oxygens (including phenoxy) is 1. The Labute approximate surface area is 216 Å². The smallest absolute Gasteiger partial charge is 0.308 e. The molecule has 1 aliphatic heterocycles. The molecule has 0 aliphatic carbocycles. The summed E-state index contributed by atoms with van der Waals surface area (Å²) in [4.78, 5) is 27.3. The van der Waals surface area contributed by atoms with E-state index in [0.29, 0.717) is 44.3 Å². The van der Waals surface area contributed by atoms with Crippen molar-refractivity contribution in [1.29, 1.82) is 0 Å². The van der Waals surface area contributed by atoms with E-state index >= 15 is 0 Å². The summed E-state index contributed by atoms with van der Waals surface area (Å²) in [7, 11) is 0. The number of hydrogen-bond donors (Lipinski definition) is 1. The highest BCUT2D eigenvalue weighted by atomic mass is 16.5. The van der Waals surface area contributed by atoms with Gasteiger partial charge in [0.1, 0.15) is 11.5 Å². The summed E-state index contributed by atoms with van der Waals surface area (Å²) >= 11 is 0. The molecule has 0 spiro atoms. The molecule has 0 amide bonds. The average Bonchev–Trinajstić information content (AvgIpc) is 3.49. The number of aliphatic carboxylic acids is 1. The van der Waals surface area contributed by atoms with Crippen LogP contribution in [-0.4, -0.2) is 45.2 Å². The molecule has 8 heteroatoms. The van der Waals surface area contributed by atoms with Gasteiger partial charge in [0.25, 0.3) is 0 Å². The normalized spacial score (nSPS) is 17.2. The predicted molar refractivity (Wildman–Crippen MR) is 140 cm³/mol. The minimum atomic E-state index is -0.776. The Morgan fingerprint density at radius 3 is 2.59 bits per heavy atom. The first-order chi connectivity index (χ1) is 18.0. The van der Waals surface area contributed by atoms with Gasteiger partial charge < -0.3 is 19.2 Å². The highest BCUT2D eigenvalue weighted by Gasteiger charge is 2.37. The molecule has 4 aromatic rings. The number of oxazole rings is 1. The second-order valence-corrected chi connectivity index (χ2v) is 9.41. The number of carbonyl (C=O) groups is 1. The number of nitrogens with zero attached hydrogens (tertiary/aromatic N) is 4. The summed E-state index contributed by atoms with van der Waals surface area (Å²) in [6, 6.07) is 19.7. The molecular formula is C29H30N4O4. The Morgan fingerprint density at radius 1 is 1.08 bits per heavy atom. The minimum Gasteiger partial charge on any atom is -0.493 e. The van der Waals surface area contributed by atoms with E-state index in [1.807, 2.05) is 79.4 Å². The lowest BCUT2D eigenvalue weighted by molar-refractivity contribution is -0.141. The van der Waals surface area contributed by atoms with Crippen molar-refractivity contribution in [1.82, 2.24) is 15.0 Å². The van der Waals surface area contributed by atoms with Gasteiger partial charge in [-0.2, -0.15) is 0 Å². The fourth-order valence-electron chi connectivity index (χ4n) is 4.73. The van der Waals surface area contributed by atoms with E-state index in [-0.39, 0.29) is 6.04 Å². The molecule has 3 heterocycles. The van der Waals surface area contributed by atoms with Gasteiger partial charge in [-0.3, -0.25) is 4.79 Å². The number of carboxylic acids is 1. The SMILES string of the molecule is Cc1ccnc(N2C[C@H](C(=O)O)C[C@@H]2Cc2ccc(OCCc3nc(-c4ccccc4)oc3C)cc2)n1. The maximum atomic E-state index is 11.7. The maximum Gasteiger partial charge on any atom is 0.308 e. The molecule has 0 bridgehead atoms. The zero-order valence-electron chi connectivity index (χ0n) is 21.0. The lowest BCUT2D eigenvalue weighted by Gasteiger charge is -2.24. The summed E-state index contributed by atoms with van der Waals surface area (Å²) in [5.41, 5.74) is 3.82. The molecule has 5 rings (SSSR count). The van der Waals surface area contributed by atoms with Crippen LogP contribution in [-0.2, 0) is 17.6 Å². The van der Waals surface area contributed by atoms with Crippen LogP contribution in [0, 0.1) is 19.8 Å². The summed E-state index contributed by atoms with van der Waals surface area (Å²) in [6.07, 6.45) is 3.64. The number of anilines is 1. The molecule has 2 atom stereocenters. The van der Waals surface area contributed by atoms with Gasteiger partial charge in [-0.25, -0.2) is 15.0 Å². The van der Waals surface area contributed by atoms with Crippen LogP contribution in [0.4, 0.5) is 5.95 Å². The Kier molecular flexibility index (Phi) is 7.16. The predicted octanol–water partition coefficient (Wildman–Crippen LogP) is 4.89.